The van der Waals surface area contributed by atoms with E-state index in [9.17, 15) is 9.59 Å². The van der Waals surface area contributed by atoms with Crippen molar-refractivity contribution >= 4 is 23.2 Å². The van der Waals surface area contributed by atoms with Gasteiger partial charge >= 0.3 is 5.97 Å². The van der Waals surface area contributed by atoms with Gasteiger partial charge in [0.05, 0.1) is 11.6 Å². The molecule has 0 atom stereocenters. The number of carboxylic acid groups (broad SMARTS) is 1. The van der Waals surface area contributed by atoms with E-state index in [4.69, 9.17) is 5.11 Å². The number of nitrogens with one attached hydrogen (secondary N) is 1. The fraction of sp³-hybridized carbons (Fsp3) is 0.353. The number of carbonyl (C=O) groups is 2. The topological polar surface area (TPSA) is 79.3 Å². The number of rotatable bonds is 4. The molecule has 1 aromatic heterocycles. The van der Waals surface area contributed by atoms with Crippen molar-refractivity contribution in [1.29, 1.82) is 0 Å². The number of benzene rings is 1. The van der Waals surface area contributed by atoms with Gasteiger partial charge in [0.25, 0.3) is 5.91 Å². The Labute approximate surface area is 138 Å². The van der Waals surface area contributed by atoms with Gasteiger partial charge in [-0.2, -0.15) is 0 Å². The molecule has 3 rings (SSSR count). The second kappa shape index (κ2) is 6.91. The molecule has 1 aliphatic rings. The fourth-order valence-electron chi connectivity index (χ4n) is 2.85. The maximum absolute atomic E-state index is 12.3. The summed E-state index contributed by atoms with van der Waals surface area (Å²) in [6.45, 7) is 0. The van der Waals surface area contributed by atoms with Crippen molar-refractivity contribution in [3.05, 3.63) is 40.7 Å². The van der Waals surface area contributed by atoms with E-state index >= 15 is 0 Å². The van der Waals surface area contributed by atoms with Crippen molar-refractivity contribution in [1.82, 2.24) is 10.3 Å². The Balaban J connectivity index is 1.59. The Bertz CT molecular complexity index is 691. The second-order valence-corrected chi connectivity index (χ2v) is 6.62. The van der Waals surface area contributed by atoms with E-state index in [1.807, 2.05) is 35.7 Å². The molecule has 1 heterocycles. The number of hydrogen-bond donors (Lipinski definition) is 2. The maximum atomic E-state index is 12.3. The minimum Gasteiger partial charge on any atom is -0.481 e. The SMILES string of the molecule is O=C(NC1CCC(C(=O)O)CC1)c1nc(-c2ccccc2)cs1. The lowest BCUT2D eigenvalue weighted by Crippen LogP contribution is -2.38. The predicted octanol–water partition coefficient (Wildman–Crippen LogP) is 3.18. The van der Waals surface area contributed by atoms with Crippen molar-refractivity contribution in [3.63, 3.8) is 0 Å². The zero-order valence-corrected chi connectivity index (χ0v) is 13.4. The largest absolute Gasteiger partial charge is 0.481 e. The molecule has 2 aromatic rings. The van der Waals surface area contributed by atoms with Crippen LogP contribution >= 0.6 is 11.3 Å². The van der Waals surface area contributed by atoms with E-state index in [0.29, 0.717) is 30.7 Å². The van der Waals surface area contributed by atoms with Gasteiger partial charge in [-0.05, 0) is 25.7 Å². The molecular formula is C17H18N2O3S. The second-order valence-electron chi connectivity index (χ2n) is 5.76. The van der Waals surface area contributed by atoms with Crippen LogP contribution in [0.15, 0.2) is 35.7 Å². The monoisotopic (exact) mass is 330 g/mol. The van der Waals surface area contributed by atoms with E-state index < -0.39 is 5.97 Å². The Kier molecular flexibility index (Phi) is 4.71. The minimum absolute atomic E-state index is 0.0437. The van der Waals surface area contributed by atoms with Gasteiger partial charge in [0.1, 0.15) is 0 Å². The van der Waals surface area contributed by atoms with Gasteiger partial charge < -0.3 is 10.4 Å². The summed E-state index contributed by atoms with van der Waals surface area (Å²) in [5, 5.41) is 14.3. The molecule has 120 valence electrons. The highest BCUT2D eigenvalue weighted by Gasteiger charge is 2.27. The highest BCUT2D eigenvalue weighted by Crippen LogP contribution is 2.25. The summed E-state index contributed by atoms with van der Waals surface area (Å²) in [5.74, 6) is -1.18. The molecule has 0 spiro atoms. The van der Waals surface area contributed by atoms with Crippen molar-refractivity contribution in [2.45, 2.75) is 31.7 Å². The van der Waals surface area contributed by atoms with Crippen LogP contribution < -0.4 is 5.32 Å². The van der Waals surface area contributed by atoms with E-state index in [-0.39, 0.29) is 17.9 Å². The standard InChI is InChI=1S/C17H18N2O3S/c20-15(18-13-8-6-12(7-9-13)17(21)22)16-19-14(10-23-16)11-4-2-1-3-5-11/h1-5,10,12-13H,6-9H2,(H,18,20)(H,21,22). The molecule has 1 saturated carbocycles. The lowest BCUT2D eigenvalue weighted by atomic mass is 9.86. The third kappa shape index (κ3) is 3.76. The van der Waals surface area contributed by atoms with Crippen LogP contribution in [0.4, 0.5) is 0 Å². The van der Waals surface area contributed by atoms with Crippen LogP contribution in [0.5, 0.6) is 0 Å². The van der Waals surface area contributed by atoms with E-state index in [2.05, 4.69) is 10.3 Å². The maximum Gasteiger partial charge on any atom is 0.306 e. The molecule has 5 nitrogen and oxygen atoms in total. The van der Waals surface area contributed by atoms with Crippen molar-refractivity contribution in [2.75, 3.05) is 0 Å². The number of aromatic nitrogens is 1. The summed E-state index contributed by atoms with van der Waals surface area (Å²) in [6, 6.07) is 9.79. The van der Waals surface area contributed by atoms with E-state index in [1.165, 1.54) is 11.3 Å². The van der Waals surface area contributed by atoms with Gasteiger partial charge in [-0.3, -0.25) is 9.59 Å². The van der Waals surface area contributed by atoms with E-state index in [0.717, 1.165) is 11.3 Å². The van der Waals surface area contributed by atoms with Crippen molar-refractivity contribution in [2.24, 2.45) is 5.92 Å². The molecule has 0 saturated heterocycles. The molecule has 2 N–H and O–H groups in total. The Morgan fingerprint density at radius 2 is 1.83 bits per heavy atom. The number of amides is 1. The van der Waals surface area contributed by atoms with Gasteiger partial charge in [-0.1, -0.05) is 30.3 Å². The number of carbonyl (C=O) groups excluding carboxylic acids is 1. The van der Waals surface area contributed by atoms with Crippen LogP contribution in [0, 0.1) is 5.92 Å². The Morgan fingerprint density at radius 1 is 1.13 bits per heavy atom. The molecule has 6 heteroatoms. The smallest absolute Gasteiger partial charge is 0.306 e. The van der Waals surface area contributed by atoms with Gasteiger partial charge in [-0.15, -0.1) is 11.3 Å². The molecular weight excluding hydrogens is 312 g/mol. The summed E-state index contributed by atoms with van der Waals surface area (Å²) in [7, 11) is 0. The molecule has 1 amide bonds. The summed E-state index contributed by atoms with van der Waals surface area (Å²) in [4.78, 5) is 27.6. The zero-order chi connectivity index (χ0) is 16.2. The number of hydrogen-bond acceptors (Lipinski definition) is 4. The van der Waals surface area contributed by atoms with Crippen molar-refractivity contribution < 1.29 is 14.7 Å². The molecule has 23 heavy (non-hydrogen) atoms. The molecule has 1 aliphatic carbocycles. The summed E-state index contributed by atoms with van der Waals surface area (Å²) < 4.78 is 0. The number of aliphatic carboxylic acids is 1. The van der Waals surface area contributed by atoms with Crippen LogP contribution in [0.2, 0.25) is 0 Å². The fourth-order valence-corrected chi connectivity index (χ4v) is 3.58. The molecule has 1 aromatic carbocycles. The predicted molar refractivity (Wildman–Crippen MR) is 88.4 cm³/mol. The summed E-state index contributed by atoms with van der Waals surface area (Å²) >= 11 is 1.33. The lowest BCUT2D eigenvalue weighted by molar-refractivity contribution is -0.142. The number of nitrogens with zero attached hydrogens (tertiary/aromatic N) is 1. The average molecular weight is 330 g/mol. The Morgan fingerprint density at radius 3 is 2.48 bits per heavy atom. The normalized spacial score (nSPS) is 20.9. The highest BCUT2D eigenvalue weighted by atomic mass is 32.1. The zero-order valence-electron chi connectivity index (χ0n) is 12.6. The van der Waals surface area contributed by atoms with E-state index in [1.54, 1.807) is 0 Å². The van der Waals surface area contributed by atoms with Crippen LogP contribution in [-0.2, 0) is 4.79 Å². The first-order valence-corrected chi connectivity index (χ1v) is 8.56. The molecule has 0 unspecified atom stereocenters. The third-order valence-corrected chi connectivity index (χ3v) is 5.02. The van der Waals surface area contributed by atoms with Crippen LogP contribution in [-0.4, -0.2) is 28.0 Å². The summed E-state index contributed by atoms with van der Waals surface area (Å²) in [6.07, 6.45) is 2.65. The molecule has 1 fully saturated rings. The van der Waals surface area contributed by atoms with Gasteiger partial charge in [0.2, 0.25) is 0 Å². The number of carboxylic acids is 1. The van der Waals surface area contributed by atoms with Crippen molar-refractivity contribution in [3.8, 4) is 11.3 Å². The van der Waals surface area contributed by atoms with Crippen LogP contribution in [0.25, 0.3) is 11.3 Å². The van der Waals surface area contributed by atoms with Gasteiger partial charge in [0, 0.05) is 17.0 Å². The first kappa shape index (κ1) is 15.7. The van der Waals surface area contributed by atoms with Crippen LogP contribution in [0.3, 0.4) is 0 Å². The third-order valence-electron chi connectivity index (χ3n) is 4.18. The molecule has 0 bridgehead atoms. The molecule has 0 aliphatic heterocycles. The number of thiazole rings is 1. The first-order chi connectivity index (χ1) is 11.1. The first-order valence-electron chi connectivity index (χ1n) is 7.68. The molecule has 0 radical (unpaired) electrons. The van der Waals surface area contributed by atoms with Gasteiger partial charge in [0.15, 0.2) is 5.01 Å². The summed E-state index contributed by atoms with van der Waals surface area (Å²) in [5.41, 5.74) is 1.79. The Hall–Kier alpha value is -2.21. The highest BCUT2D eigenvalue weighted by molar-refractivity contribution is 7.12. The quantitative estimate of drug-likeness (QED) is 0.902. The van der Waals surface area contributed by atoms with Gasteiger partial charge in [-0.25, -0.2) is 4.98 Å². The van der Waals surface area contributed by atoms with Crippen LogP contribution in [0.1, 0.15) is 35.5 Å². The lowest BCUT2D eigenvalue weighted by Gasteiger charge is -2.26. The minimum atomic E-state index is -0.734. The average Bonchev–Trinajstić information content (AvgIpc) is 3.06.